The molecule has 2 amide bonds. The quantitative estimate of drug-likeness (QED) is 0.171. The molecule has 4 aromatic rings. The number of carbonyl (C=O) groups is 2. The molecule has 1 atom stereocenters. The molecule has 0 radical (unpaired) electrons. The summed E-state index contributed by atoms with van der Waals surface area (Å²) < 4.78 is 29.2. The molecule has 1 fully saturated rings. The van der Waals surface area contributed by atoms with E-state index in [0.29, 0.717) is 10.0 Å². The van der Waals surface area contributed by atoms with Crippen molar-refractivity contribution >= 4 is 50.7 Å². The van der Waals surface area contributed by atoms with Crippen molar-refractivity contribution in [2.24, 2.45) is 0 Å². The van der Waals surface area contributed by atoms with E-state index in [-0.39, 0.29) is 35.5 Å². The number of nitrogens with zero attached hydrogens (tertiary/aromatic N) is 2. The monoisotopic (exact) mass is 677 g/mol. The van der Waals surface area contributed by atoms with Crippen molar-refractivity contribution in [3.63, 3.8) is 0 Å². The largest absolute Gasteiger partial charge is 0.352 e. The lowest BCUT2D eigenvalue weighted by molar-refractivity contribution is -0.140. The van der Waals surface area contributed by atoms with E-state index >= 15 is 0 Å². The number of hydrogen-bond acceptors (Lipinski definition) is 4. The van der Waals surface area contributed by atoms with Crippen LogP contribution in [0.5, 0.6) is 0 Å². The Morgan fingerprint density at radius 1 is 0.739 bits per heavy atom. The molecule has 1 aliphatic carbocycles. The molecule has 240 valence electrons. The molecule has 1 saturated carbocycles. The highest BCUT2D eigenvalue weighted by Gasteiger charge is 2.35. The molecule has 46 heavy (non-hydrogen) atoms. The Labute approximate surface area is 281 Å². The first-order valence-electron chi connectivity index (χ1n) is 15.4. The summed E-state index contributed by atoms with van der Waals surface area (Å²) in [5, 5.41) is 4.19. The summed E-state index contributed by atoms with van der Waals surface area (Å²) in [5.41, 5.74) is 1.91. The molecule has 1 unspecified atom stereocenters. The third-order valence-electron chi connectivity index (χ3n) is 8.21. The van der Waals surface area contributed by atoms with E-state index in [1.54, 1.807) is 66.7 Å². The second-order valence-electron chi connectivity index (χ2n) is 11.5. The third kappa shape index (κ3) is 8.69. The molecule has 1 aliphatic rings. The van der Waals surface area contributed by atoms with Gasteiger partial charge in [0.15, 0.2) is 0 Å². The average Bonchev–Trinajstić information content (AvgIpc) is 3.07. The minimum Gasteiger partial charge on any atom is -0.352 e. The summed E-state index contributed by atoms with van der Waals surface area (Å²) in [7, 11) is -4.18. The van der Waals surface area contributed by atoms with Crippen LogP contribution in [0.1, 0.15) is 43.2 Å². The first kappa shape index (κ1) is 33.5. The summed E-state index contributed by atoms with van der Waals surface area (Å²) in [5.74, 6) is -0.786. The van der Waals surface area contributed by atoms with Gasteiger partial charge in [-0.15, -0.1) is 0 Å². The standard InChI is InChI=1S/C36H37Cl2N3O4S/c37-29-18-16-28(17-19-29)25-40(34(24-27-10-4-1-5-11-27)36(43)39-31-12-6-2-7-13-31)35(42)26-41(32-22-20-30(38)21-23-32)46(44,45)33-14-8-3-9-15-33/h1,3-5,8-11,14-23,31,34H,2,6-7,12-13,24-26H2,(H,39,43). The van der Waals surface area contributed by atoms with Gasteiger partial charge in [-0.2, -0.15) is 0 Å². The molecule has 0 heterocycles. The molecule has 0 spiro atoms. The number of rotatable bonds is 12. The normalized spacial score (nSPS) is 14.3. The molecular weight excluding hydrogens is 641 g/mol. The van der Waals surface area contributed by atoms with Crippen LogP contribution in [0.3, 0.4) is 0 Å². The van der Waals surface area contributed by atoms with Crippen LogP contribution in [-0.4, -0.2) is 43.8 Å². The summed E-state index contributed by atoms with van der Waals surface area (Å²) in [6, 6.07) is 30.0. The van der Waals surface area contributed by atoms with Crippen molar-refractivity contribution in [2.45, 2.75) is 62.0 Å². The fourth-order valence-corrected chi connectivity index (χ4v) is 7.43. The van der Waals surface area contributed by atoms with Crippen molar-refractivity contribution < 1.29 is 18.0 Å². The van der Waals surface area contributed by atoms with Crippen LogP contribution in [-0.2, 0) is 32.6 Å². The molecule has 10 heteroatoms. The van der Waals surface area contributed by atoms with E-state index in [1.807, 2.05) is 30.3 Å². The Kier molecular flexibility index (Phi) is 11.4. The van der Waals surface area contributed by atoms with Gasteiger partial charge in [0.2, 0.25) is 11.8 Å². The van der Waals surface area contributed by atoms with Crippen LogP contribution >= 0.6 is 23.2 Å². The minimum atomic E-state index is -4.18. The molecule has 0 aromatic heterocycles. The maximum absolute atomic E-state index is 14.6. The average molecular weight is 679 g/mol. The van der Waals surface area contributed by atoms with Crippen LogP contribution in [0.2, 0.25) is 10.0 Å². The van der Waals surface area contributed by atoms with Gasteiger partial charge in [-0.3, -0.25) is 13.9 Å². The molecule has 7 nitrogen and oxygen atoms in total. The van der Waals surface area contributed by atoms with Crippen LogP contribution in [0, 0.1) is 0 Å². The van der Waals surface area contributed by atoms with Crippen LogP contribution in [0.15, 0.2) is 114 Å². The number of hydrogen-bond donors (Lipinski definition) is 1. The molecule has 5 rings (SSSR count). The van der Waals surface area contributed by atoms with Gasteiger partial charge < -0.3 is 10.2 Å². The van der Waals surface area contributed by atoms with E-state index in [9.17, 15) is 18.0 Å². The van der Waals surface area contributed by atoms with Crippen molar-refractivity contribution in [3.05, 3.63) is 130 Å². The van der Waals surface area contributed by atoms with E-state index in [2.05, 4.69) is 5.32 Å². The summed E-state index contributed by atoms with van der Waals surface area (Å²) in [4.78, 5) is 30.2. The van der Waals surface area contributed by atoms with Crippen molar-refractivity contribution in [2.75, 3.05) is 10.8 Å². The van der Waals surface area contributed by atoms with Crippen molar-refractivity contribution in [1.82, 2.24) is 10.2 Å². The number of sulfonamides is 1. The maximum atomic E-state index is 14.6. The Morgan fingerprint density at radius 3 is 1.91 bits per heavy atom. The number of benzene rings is 4. The van der Waals surface area contributed by atoms with Crippen molar-refractivity contribution in [1.29, 1.82) is 0 Å². The van der Waals surface area contributed by atoms with Crippen LogP contribution < -0.4 is 9.62 Å². The maximum Gasteiger partial charge on any atom is 0.264 e. The van der Waals surface area contributed by atoms with E-state index < -0.39 is 28.5 Å². The highest BCUT2D eigenvalue weighted by molar-refractivity contribution is 7.92. The third-order valence-corrected chi connectivity index (χ3v) is 10.5. The Morgan fingerprint density at radius 2 is 1.30 bits per heavy atom. The van der Waals surface area contributed by atoms with E-state index in [4.69, 9.17) is 23.2 Å². The highest BCUT2D eigenvalue weighted by atomic mass is 35.5. The van der Waals surface area contributed by atoms with Crippen molar-refractivity contribution in [3.8, 4) is 0 Å². The number of anilines is 1. The van der Waals surface area contributed by atoms with Crippen LogP contribution in [0.25, 0.3) is 0 Å². The number of amides is 2. The summed E-state index contributed by atoms with van der Waals surface area (Å²) >= 11 is 12.3. The Balaban J connectivity index is 1.55. The van der Waals surface area contributed by atoms with Gasteiger partial charge in [-0.25, -0.2) is 8.42 Å². The molecular formula is C36H37Cl2N3O4S. The smallest absolute Gasteiger partial charge is 0.264 e. The summed E-state index contributed by atoms with van der Waals surface area (Å²) in [6.07, 6.45) is 5.23. The first-order valence-corrected chi connectivity index (χ1v) is 17.6. The SMILES string of the molecule is O=C(NC1CCCCC1)C(Cc1ccccc1)N(Cc1ccc(Cl)cc1)C(=O)CN(c1ccc(Cl)cc1)S(=O)(=O)c1ccccc1. The minimum absolute atomic E-state index is 0.0241. The second-order valence-corrected chi connectivity index (χ2v) is 14.2. The Bertz CT molecular complexity index is 1700. The predicted molar refractivity (Wildman–Crippen MR) is 183 cm³/mol. The molecule has 1 N–H and O–H groups in total. The van der Waals surface area contributed by atoms with Crippen LogP contribution in [0.4, 0.5) is 5.69 Å². The lowest BCUT2D eigenvalue weighted by Gasteiger charge is -2.35. The molecule has 0 aliphatic heterocycles. The molecule has 4 aromatic carbocycles. The molecule has 0 bridgehead atoms. The Hall–Kier alpha value is -3.85. The van der Waals surface area contributed by atoms with E-state index in [1.165, 1.54) is 17.0 Å². The fourth-order valence-electron chi connectivity index (χ4n) is 5.74. The van der Waals surface area contributed by atoms with Gasteiger partial charge >= 0.3 is 0 Å². The molecule has 0 saturated heterocycles. The van der Waals surface area contributed by atoms with Gasteiger partial charge in [-0.05, 0) is 72.5 Å². The first-order chi connectivity index (χ1) is 22.2. The van der Waals surface area contributed by atoms with Gasteiger partial charge in [0.05, 0.1) is 10.6 Å². The van der Waals surface area contributed by atoms with Gasteiger partial charge in [0.25, 0.3) is 10.0 Å². The zero-order valence-corrected chi connectivity index (χ0v) is 27.7. The summed E-state index contributed by atoms with van der Waals surface area (Å²) in [6.45, 7) is -0.458. The fraction of sp³-hybridized carbons (Fsp3) is 0.278. The number of carbonyl (C=O) groups excluding carboxylic acids is 2. The van der Waals surface area contributed by atoms with Gasteiger partial charge in [-0.1, -0.05) is 103 Å². The second kappa shape index (κ2) is 15.6. The lowest BCUT2D eigenvalue weighted by Crippen LogP contribution is -2.55. The zero-order valence-electron chi connectivity index (χ0n) is 25.4. The topological polar surface area (TPSA) is 86.8 Å². The number of halogens is 2. The van der Waals surface area contributed by atoms with E-state index in [0.717, 1.165) is 47.5 Å². The zero-order chi connectivity index (χ0) is 32.5. The number of nitrogens with one attached hydrogen (secondary N) is 1. The predicted octanol–water partition coefficient (Wildman–Crippen LogP) is 7.28. The van der Waals surface area contributed by atoms with Gasteiger partial charge in [0.1, 0.15) is 12.6 Å². The van der Waals surface area contributed by atoms with Gasteiger partial charge in [0, 0.05) is 29.1 Å². The lowest BCUT2D eigenvalue weighted by atomic mass is 9.94. The highest BCUT2D eigenvalue weighted by Crippen LogP contribution is 2.27.